The molecule has 0 amide bonds. The van der Waals surface area contributed by atoms with Crippen molar-refractivity contribution >= 4 is 23.2 Å². The molecule has 0 saturated heterocycles. The number of hydrogen-bond acceptors (Lipinski definition) is 2. The molecule has 1 unspecified atom stereocenters. The van der Waals surface area contributed by atoms with E-state index >= 15 is 0 Å². The van der Waals surface area contributed by atoms with Crippen molar-refractivity contribution in [1.82, 2.24) is 4.98 Å². The molecule has 0 aliphatic carbocycles. The molecule has 1 atom stereocenters. The fourth-order valence-electron chi connectivity index (χ4n) is 1.71. The highest BCUT2D eigenvalue weighted by Gasteiger charge is 2.16. The third-order valence-electron chi connectivity index (χ3n) is 2.62. The van der Waals surface area contributed by atoms with E-state index in [0.717, 1.165) is 0 Å². The van der Waals surface area contributed by atoms with Crippen LogP contribution in [0.15, 0.2) is 36.5 Å². The summed E-state index contributed by atoms with van der Waals surface area (Å²) in [5.74, 6) is -0.370. The van der Waals surface area contributed by atoms with Crippen LogP contribution in [-0.2, 0) is 6.42 Å². The second-order valence-corrected chi connectivity index (χ2v) is 4.70. The van der Waals surface area contributed by atoms with Crippen molar-refractivity contribution < 1.29 is 4.39 Å². The largest absolute Gasteiger partial charge is 0.322 e. The van der Waals surface area contributed by atoms with E-state index in [0.29, 0.717) is 21.3 Å². The van der Waals surface area contributed by atoms with Crippen molar-refractivity contribution in [3.8, 4) is 0 Å². The molecule has 2 N–H and O–H groups in total. The minimum absolute atomic E-state index is 0.252. The highest BCUT2D eigenvalue weighted by atomic mass is 35.5. The summed E-state index contributed by atoms with van der Waals surface area (Å²) in [6.45, 7) is 0. The molecule has 1 heterocycles. The quantitative estimate of drug-likeness (QED) is 0.932. The molecule has 0 bridgehead atoms. The van der Waals surface area contributed by atoms with E-state index in [-0.39, 0.29) is 12.2 Å². The van der Waals surface area contributed by atoms with Crippen molar-refractivity contribution in [3.05, 3.63) is 63.6 Å². The van der Waals surface area contributed by atoms with Crippen molar-refractivity contribution in [2.24, 2.45) is 5.73 Å². The molecule has 0 radical (unpaired) electrons. The van der Waals surface area contributed by atoms with Gasteiger partial charge in [0, 0.05) is 16.8 Å². The van der Waals surface area contributed by atoms with E-state index in [4.69, 9.17) is 28.9 Å². The van der Waals surface area contributed by atoms with E-state index in [2.05, 4.69) is 4.98 Å². The first-order chi connectivity index (χ1) is 8.59. The monoisotopic (exact) mass is 284 g/mol. The number of benzene rings is 1. The number of pyridine rings is 1. The van der Waals surface area contributed by atoms with Gasteiger partial charge in [0.25, 0.3) is 0 Å². The Morgan fingerprint density at radius 3 is 2.56 bits per heavy atom. The molecule has 1 aromatic heterocycles. The second-order valence-electron chi connectivity index (χ2n) is 3.88. The van der Waals surface area contributed by atoms with Crippen molar-refractivity contribution in [2.45, 2.75) is 12.5 Å². The lowest BCUT2D eigenvalue weighted by Crippen LogP contribution is -2.16. The molecule has 2 aromatic rings. The Labute approximate surface area is 115 Å². The summed E-state index contributed by atoms with van der Waals surface area (Å²) < 4.78 is 13.6. The van der Waals surface area contributed by atoms with E-state index in [1.807, 2.05) is 0 Å². The van der Waals surface area contributed by atoms with Gasteiger partial charge in [-0.1, -0.05) is 29.3 Å². The predicted octanol–water partition coefficient (Wildman–Crippen LogP) is 3.77. The van der Waals surface area contributed by atoms with Crippen LogP contribution in [-0.4, -0.2) is 4.98 Å². The lowest BCUT2D eigenvalue weighted by molar-refractivity contribution is 0.590. The smallest absolute Gasteiger partial charge is 0.127 e. The van der Waals surface area contributed by atoms with Crippen molar-refractivity contribution in [1.29, 1.82) is 0 Å². The van der Waals surface area contributed by atoms with Crippen molar-refractivity contribution in [2.75, 3.05) is 0 Å². The maximum Gasteiger partial charge on any atom is 0.127 e. The standard InChI is InChI=1S/C13H11Cl2FN2/c14-9-3-1-5-11(16)8(9)7-12(17)13-10(15)4-2-6-18-13/h1-6,12H,7,17H2. The highest BCUT2D eigenvalue weighted by Crippen LogP contribution is 2.26. The molecule has 94 valence electrons. The van der Waals surface area contributed by atoms with Gasteiger partial charge in [-0.3, -0.25) is 4.98 Å². The molecular weight excluding hydrogens is 274 g/mol. The first-order valence-electron chi connectivity index (χ1n) is 5.38. The van der Waals surface area contributed by atoms with Crippen LogP contribution in [0.1, 0.15) is 17.3 Å². The molecule has 1 aromatic carbocycles. The number of nitrogens with two attached hydrogens (primary N) is 1. The Balaban J connectivity index is 2.27. The topological polar surface area (TPSA) is 38.9 Å². The summed E-state index contributed by atoms with van der Waals surface area (Å²) in [6, 6.07) is 7.47. The summed E-state index contributed by atoms with van der Waals surface area (Å²) in [4.78, 5) is 4.11. The van der Waals surface area contributed by atoms with Gasteiger partial charge >= 0.3 is 0 Å². The zero-order chi connectivity index (χ0) is 13.1. The van der Waals surface area contributed by atoms with Gasteiger partial charge in [0.1, 0.15) is 5.82 Å². The van der Waals surface area contributed by atoms with E-state index in [1.54, 1.807) is 30.5 Å². The summed E-state index contributed by atoms with van der Waals surface area (Å²) in [6.07, 6.45) is 1.85. The predicted molar refractivity (Wildman–Crippen MR) is 71.3 cm³/mol. The number of halogens is 3. The average molecular weight is 285 g/mol. The Kier molecular flexibility index (Phi) is 4.17. The number of hydrogen-bond donors (Lipinski definition) is 1. The Morgan fingerprint density at radius 1 is 1.17 bits per heavy atom. The van der Waals surface area contributed by atoms with Crippen LogP contribution in [0.25, 0.3) is 0 Å². The van der Waals surface area contributed by atoms with Crippen LogP contribution < -0.4 is 5.73 Å². The minimum atomic E-state index is -0.493. The second kappa shape index (κ2) is 5.65. The van der Waals surface area contributed by atoms with Gasteiger partial charge in [0.2, 0.25) is 0 Å². The Bertz CT molecular complexity index is 540. The van der Waals surface area contributed by atoms with Crippen molar-refractivity contribution in [3.63, 3.8) is 0 Å². The van der Waals surface area contributed by atoms with Gasteiger partial charge in [0.15, 0.2) is 0 Å². The number of nitrogens with zero attached hydrogens (tertiary/aromatic N) is 1. The molecule has 2 nitrogen and oxygen atoms in total. The third kappa shape index (κ3) is 2.80. The molecule has 18 heavy (non-hydrogen) atoms. The van der Waals surface area contributed by atoms with Gasteiger partial charge in [-0.15, -0.1) is 0 Å². The fourth-order valence-corrected chi connectivity index (χ4v) is 2.22. The van der Waals surface area contributed by atoms with Crippen LogP contribution in [0.4, 0.5) is 4.39 Å². The molecule has 0 aliphatic heterocycles. The van der Waals surface area contributed by atoms with Crippen LogP contribution in [0.2, 0.25) is 10.0 Å². The molecular formula is C13H11Cl2FN2. The molecule has 0 fully saturated rings. The maximum absolute atomic E-state index is 13.6. The zero-order valence-electron chi connectivity index (χ0n) is 9.41. The Hall–Kier alpha value is -1.16. The van der Waals surface area contributed by atoms with Crippen LogP contribution in [0.3, 0.4) is 0 Å². The highest BCUT2D eigenvalue weighted by molar-refractivity contribution is 6.31. The molecule has 0 aliphatic rings. The molecule has 2 rings (SSSR count). The summed E-state index contributed by atoms with van der Waals surface area (Å²) in [5, 5.41) is 0.829. The first kappa shape index (κ1) is 13.3. The van der Waals surface area contributed by atoms with Gasteiger partial charge in [-0.05, 0) is 30.7 Å². The van der Waals surface area contributed by atoms with Gasteiger partial charge in [-0.2, -0.15) is 0 Å². The van der Waals surface area contributed by atoms with Gasteiger partial charge in [0.05, 0.1) is 16.8 Å². The SMILES string of the molecule is NC(Cc1c(F)cccc1Cl)c1ncccc1Cl. The zero-order valence-corrected chi connectivity index (χ0v) is 10.9. The average Bonchev–Trinajstić information content (AvgIpc) is 2.34. The number of aromatic nitrogens is 1. The summed E-state index contributed by atoms with van der Waals surface area (Å²) in [7, 11) is 0. The third-order valence-corrected chi connectivity index (χ3v) is 3.30. The lowest BCUT2D eigenvalue weighted by Gasteiger charge is -2.14. The fraction of sp³-hybridized carbons (Fsp3) is 0.154. The van der Waals surface area contributed by atoms with Crippen LogP contribution in [0.5, 0.6) is 0 Å². The number of rotatable bonds is 3. The van der Waals surface area contributed by atoms with E-state index in [9.17, 15) is 4.39 Å². The van der Waals surface area contributed by atoms with Crippen LogP contribution in [0, 0.1) is 5.82 Å². The normalized spacial score (nSPS) is 12.4. The molecule has 5 heteroatoms. The van der Waals surface area contributed by atoms with Gasteiger partial charge < -0.3 is 5.73 Å². The maximum atomic E-state index is 13.6. The summed E-state index contributed by atoms with van der Waals surface area (Å²) >= 11 is 11.9. The van der Waals surface area contributed by atoms with Crippen LogP contribution >= 0.6 is 23.2 Å². The summed E-state index contributed by atoms with van der Waals surface area (Å²) in [5.41, 5.74) is 6.92. The Morgan fingerprint density at radius 2 is 1.89 bits per heavy atom. The minimum Gasteiger partial charge on any atom is -0.322 e. The van der Waals surface area contributed by atoms with E-state index < -0.39 is 6.04 Å². The lowest BCUT2D eigenvalue weighted by atomic mass is 10.0. The first-order valence-corrected chi connectivity index (χ1v) is 6.14. The molecule has 0 saturated carbocycles. The molecule has 0 spiro atoms. The van der Waals surface area contributed by atoms with Gasteiger partial charge in [-0.25, -0.2) is 4.39 Å². The van der Waals surface area contributed by atoms with E-state index in [1.165, 1.54) is 6.07 Å².